The first-order chi connectivity index (χ1) is 10.1. The Balaban J connectivity index is 2.56. The predicted octanol–water partition coefficient (Wildman–Crippen LogP) is 2.33. The van der Waals surface area contributed by atoms with E-state index in [4.69, 9.17) is 4.74 Å². The molecule has 21 heavy (non-hydrogen) atoms. The lowest BCUT2D eigenvalue weighted by atomic mass is 10.1. The molecule has 116 valence electrons. The standard InChI is InChI=1S/C16H24N2O2S/c1-5-10-21-12-16(19)17-11-15(18(2)3)13-6-8-14(20-4)9-7-13/h5-9,15H,1,10-12H2,2-4H3,(H,17,19). The SMILES string of the molecule is C=CCSCC(=O)NCC(c1ccc(OC)cc1)N(C)C. The van der Waals surface area contributed by atoms with Gasteiger partial charge in [-0.3, -0.25) is 4.79 Å². The fourth-order valence-corrected chi connectivity index (χ4v) is 2.49. The smallest absolute Gasteiger partial charge is 0.230 e. The Kier molecular flexibility index (Phi) is 7.93. The predicted molar refractivity (Wildman–Crippen MR) is 90.0 cm³/mol. The minimum absolute atomic E-state index is 0.0576. The number of methoxy groups -OCH3 is 1. The molecule has 0 aromatic heterocycles. The van der Waals surface area contributed by atoms with E-state index < -0.39 is 0 Å². The summed E-state index contributed by atoms with van der Waals surface area (Å²) in [5.41, 5.74) is 1.15. The number of ether oxygens (including phenoxy) is 1. The minimum atomic E-state index is 0.0576. The van der Waals surface area contributed by atoms with Crippen LogP contribution in [0.2, 0.25) is 0 Å². The Labute approximate surface area is 131 Å². The second-order valence-corrected chi connectivity index (χ2v) is 5.89. The average Bonchev–Trinajstić information content (AvgIpc) is 2.48. The second kappa shape index (κ2) is 9.47. The van der Waals surface area contributed by atoms with Crippen molar-refractivity contribution in [2.45, 2.75) is 6.04 Å². The van der Waals surface area contributed by atoms with Gasteiger partial charge in [-0.05, 0) is 31.8 Å². The number of amides is 1. The van der Waals surface area contributed by atoms with Crippen LogP contribution in [0.4, 0.5) is 0 Å². The number of nitrogens with one attached hydrogen (secondary N) is 1. The fourth-order valence-electron chi connectivity index (χ4n) is 1.92. The number of hydrogen-bond donors (Lipinski definition) is 1. The molecule has 0 bridgehead atoms. The van der Waals surface area contributed by atoms with Gasteiger partial charge in [0.1, 0.15) is 5.75 Å². The van der Waals surface area contributed by atoms with Crippen molar-refractivity contribution in [1.29, 1.82) is 0 Å². The maximum atomic E-state index is 11.8. The van der Waals surface area contributed by atoms with Crippen molar-refractivity contribution < 1.29 is 9.53 Å². The summed E-state index contributed by atoms with van der Waals surface area (Å²) in [5.74, 6) is 2.15. The zero-order valence-electron chi connectivity index (χ0n) is 13.0. The number of carbonyl (C=O) groups excluding carboxylic acids is 1. The van der Waals surface area contributed by atoms with Gasteiger partial charge in [-0.1, -0.05) is 18.2 Å². The molecule has 0 saturated heterocycles. The third-order valence-electron chi connectivity index (χ3n) is 3.09. The molecule has 1 unspecified atom stereocenters. The van der Waals surface area contributed by atoms with E-state index in [0.29, 0.717) is 12.3 Å². The lowest BCUT2D eigenvalue weighted by molar-refractivity contribution is -0.118. The van der Waals surface area contributed by atoms with Gasteiger partial charge >= 0.3 is 0 Å². The lowest BCUT2D eigenvalue weighted by Gasteiger charge is -2.25. The molecule has 1 N–H and O–H groups in total. The van der Waals surface area contributed by atoms with Crippen molar-refractivity contribution in [2.24, 2.45) is 0 Å². The first kappa shape index (κ1) is 17.6. The van der Waals surface area contributed by atoms with Crippen LogP contribution in [-0.2, 0) is 4.79 Å². The maximum Gasteiger partial charge on any atom is 0.230 e. The Bertz CT molecular complexity index is 446. The van der Waals surface area contributed by atoms with Crippen LogP contribution in [0.25, 0.3) is 0 Å². The molecular formula is C16H24N2O2S. The van der Waals surface area contributed by atoms with Crippen molar-refractivity contribution in [2.75, 3.05) is 39.3 Å². The van der Waals surface area contributed by atoms with E-state index in [1.165, 1.54) is 0 Å². The highest BCUT2D eigenvalue weighted by molar-refractivity contribution is 8.00. The molecule has 4 nitrogen and oxygen atoms in total. The third-order valence-corrected chi connectivity index (χ3v) is 4.02. The van der Waals surface area contributed by atoms with Gasteiger partial charge in [0.05, 0.1) is 18.9 Å². The number of likely N-dealkylation sites (N-methyl/N-ethyl adjacent to an activating group) is 1. The van der Waals surface area contributed by atoms with Crippen LogP contribution in [-0.4, -0.2) is 50.1 Å². The Hall–Kier alpha value is -1.46. The van der Waals surface area contributed by atoms with Gasteiger partial charge in [-0.2, -0.15) is 0 Å². The van der Waals surface area contributed by atoms with Crippen LogP contribution in [0, 0.1) is 0 Å². The number of nitrogens with zero attached hydrogens (tertiary/aromatic N) is 1. The number of rotatable bonds is 9. The minimum Gasteiger partial charge on any atom is -0.497 e. The van der Waals surface area contributed by atoms with Crippen LogP contribution >= 0.6 is 11.8 Å². The van der Waals surface area contributed by atoms with Gasteiger partial charge < -0.3 is 15.0 Å². The summed E-state index contributed by atoms with van der Waals surface area (Å²) >= 11 is 1.56. The number of benzene rings is 1. The van der Waals surface area contributed by atoms with E-state index in [-0.39, 0.29) is 11.9 Å². The largest absolute Gasteiger partial charge is 0.497 e. The van der Waals surface area contributed by atoms with Gasteiger partial charge in [0.15, 0.2) is 0 Å². The topological polar surface area (TPSA) is 41.6 Å². The molecule has 0 aliphatic heterocycles. The molecule has 0 saturated carbocycles. The van der Waals surface area contributed by atoms with Gasteiger partial charge in [-0.25, -0.2) is 0 Å². The molecule has 1 rings (SSSR count). The molecule has 0 radical (unpaired) electrons. The summed E-state index contributed by atoms with van der Waals surface area (Å²) in [6, 6.07) is 8.08. The zero-order chi connectivity index (χ0) is 15.7. The van der Waals surface area contributed by atoms with E-state index >= 15 is 0 Å². The molecule has 0 spiro atoms. The fraction of sp³-hybridized carbons (Fsp3) is 0.438. The van der Waals surface area contributed by atoms with Crippen LogP contribution in [0.1, 0.15) is 11.6 Å². The van der Waals surface area contributed by atoms with Crippen molar-refractivity contribution >= 4 is 17.7 Å². The van der Waals surface area contributed by atoms with Crippen LogP contribution < -0.4 is 10.1 Å². The van der Waals surface area contributed by atoms with Gasteiger partial charge in [0.25, 0.3) is 0 Å². The van der Waals surface area contributed by atoms with Crippen LogP contribution in [0.3, 0.4) is 0 Å². The van der Waals surface area contributed by atoms with Crippen molar-refractivity contribution in [1.82, 2.24) is 10.2 Å². The highest BCUT2D eigenvalue weighted by Gasteiger charge is 2.15. The molecule has 1 atom stereocenters. The number of thioether (sulfide) groups is 1. The summed E-state index contributed by atoms with van der Waals surface area (Å²) in [6.45, 7) is 4.23. The van der Waals surface area contributed by atoms with Gasteiger partial charge in [-0.15, -0.1) is 18.3 Å². The van der Waals surface area contributed by atoms with E-state index in [0.717, 1.165) is 17.1 Å². The maximum absolute atomic E-state index is 11.8. The van der Waals surface area contributed by atoms with E-state index in [9.17, 15) is 4.79 Å². The summed E-state index contributed by atoms with van der Waals surface area (Å²) in [7, 11) is 5.67. The molecule has 5 heteroatoms. The van der Waals surface area contributed by atoms with Crippen LogP contribution in [0.5, 0.6) is 5.75 Å². The van der Waals surface area contributed by atoms with E-state index in [1.54, 1.807) is 24.9 Å². The first-order valence-electron chi connectivity index (χ1n) is 6.84. The Morgan fingerprint density at radius 3 is 2.62 bits per heavy atom. The van der Waals surface area contributed by atoms with Crippen molar-refractivity contribution in [3.05, 3.63) is 42.5 Å². The van der Waals surface area contributed by atoms with Crippen molar-refractivity contribution in [3.8, 4) is 5.75 Å². The van der Waals surface area contributed by atoms with E-state index in [1.807, 2.05) is 38.4 Å². The Morgan fingerprint density at radius 1 is 1.43 bits per heavy atom. The van der Waals surface area contributed by atoms with Gasteiger partial charge in [0, 0.05) is 12.3 Å². The molecule has 0 fully saturated rings. The summed E-state index contributed by atoms with van der Waals surface area (Å²) in [6.07, 6.45) is 1.80. The molecule has 0 heterocycles. The molecular weight excluding hydrogens is 284 g/mol. The number of hydrogen-bond acceptors (Lipinski definition) is 4. The quantitative estimate of drug-likeness (QED) is 0.561. The molecule has 1 amide bonds. The van der Waals surface area contributed by atoms with Crippen molar-refractivity contribution in [3.63, 3.8) is 0 Å². The highest BCUT2D eigenvalue weighted by atomic mass is 32.2. The first-order valence-corrected chi connectivity index (χ1v) is 7.99. The van der Waals surface area contributed by atoms with Gasteiger partial charge in [0.2, 0.25) is 5.91 Å². The zero-order valence-corrected chi connectivity index (χ0v) is 13.8. The second-order valence-electron chi connectivity index (χ2n) is 4.86. The highest BCUT2D eigenvalue weighted by Crippen LogP contribution is 2.20. The number of carbonyl (C=O) groups is 1. The molecule has 0 aliphatic rings. The monoisotopic (exact) mass is 308 g/mol. The average molecular weight is 308 g/mol. The summed E-state index contributed by atoms with van der Waals surface area (Å²) in [5, 5.41) is 2.98. The summed E-state index contributed by atoms with van der Waals surface area (Å²) in [4.78, 5) is 13.9. The summed E-state index contributed by atoms with van der Waals surface area (Å²) < 4.78 is 5.17. The molecule has 1 aromatic carbocycles. The normalized spacial score (nSPS) is 12.0. The van der Waals surface area contributed by atoms with E-state index in [2.05, 4.69) is 16.8 Å². The molecule has 1 aromatic rings. The van der Waals surface area contributed by atoms with Crippen LogP contribution in [0.15, 0.2) is 36.9 Å². The Morgan fingerprint density at radius 2 is 2.10 bits per heavy atom. The third kappa shape index (κ3) is 6.23. The lowest BCUT2D eigenvalue weighted by Crippen LogP contribution is -2.35. The molecule has 0 aliphatic carbocycles.